The number of carbonyl (C=O) groups is 2. The molecule has 0 spiro atoms. The first kappa shape index (κ1) is 23.7. The van der Waals surface area contributed by atoms with Gasteiger partial charge < -0.3 is 10.1 Å². The predicted molar refractivity (Wildman–Crippen MR) is 127 cm³/mol. The molecule has 0 radical (unpaired) electrons. The molecule has 1 aliphatic rings. The zero-order chi connectivity index (χ0) is 22.6. The van der Waals surface area contributed by atoms with Crippen molar-refractivity contribution in [2.75, 3.05) is 16.8 Å². The number of halogens is 4. The molecule has 0 aromatic heterocycles. The van der Waals surface area contributed by atoms with Gasteiger partial charge in [-0.3, -0.25) is 14.6 Å². The third kappa shape index (κ3) is 6.53. The Morgan fingerprint density at radius 1 is 1.26 bits per heavy atom. The fourth-order valence-corrected chi connectivity index (χ4v) is 4.34. The van der Waals surface area contributed by atoms with Crippen LogP contribution in [-0.4, -0.2) is 34.3 Å². The van der Waals surface area contributed by atoms with Crippen LogP contribution in [-0.2, 0) is 9.59 Å². The van der Waals surface area contributed by atoms with Crippen molar-refractivity contribution in [3.05, 3.63) is 52.1 Å². The molecule has 1 saturated heterocycles. The van der Waals surface area contributed by atoms with Gasteiger partial charge in [0.2, 0.25) is 11.8 Å². The SMILES string of the molecule is CCN=C(Nc1ccc(I)cc1)SC1CC(=O)N(c2ccc(OC(F)(F)Cl)cc2)C1=O. The number of nitrogens with one attached hydrogen (secondary N) is 1. The maximum atomic E-state index is 12.9. The van der Waals surface area contributed by atoms with E-state index in [0.717, 1.165) is 14.2 Å². The van der Waals surface area contributed by atoms with E-state index in [1.54, 1.807) is 0 Å². The largest absolute Gasteiger partial charge is 0.487 e. The number of benzene rings is 2. The van der Waals surface area contributed by atoms with Gasteiger partial charge in [-0.25, -0.2) is 4.90 Å². The lowest BCUT2D eigenvalue weighted by Gasteiger charge is -2.17. The third-order valence-electron chi connectivity index (χ3n) is 4.08. The number of hydrogen-bond acceptors (Lipinski definition) is 5. The summed E-state index contributed by atoms with van der Waals surface area (Å²) in [6.45, 7) is 2.38. The Balaban J connectivity index is 1.71. The van der Waals surface area contributed by atoms with Gasteiger partial charge in [-0.1, -0.05) is 11.8 Å². The minimum atomic E-state index is -3.85. The van der Waals surface area contributed by atoms with Crippen LogP contribution in [0.25, 0.3) is 0 Å². The van der Waals surface area contributed by atoms with Crippen molar-refractivity contribution in [3.8, 4) is 5.75 Å². The molecule has 1 aliphatic heterocycles. The van der Waals surface area contributed by atoms with Gasteiger partial charge in [0.25, 0.3) is 0 Å². The molecule has 1 unspecified atom stereocenters. The molecule has 164 valence electrons. The highest BCUT2D eigenvalue weighted by Gasteiger charge is 2.41. The van der Waals surface area contributed by atoms with Crippen LogP contribution in [0, 0.1) is 3.57 Å². The van der Waals surface area contributed by atoms with Crippen LogP contribution in [0.3, 0.4) is 0 Å². The summed E-state index contributed by atoms with van der Waals surface area (Å²) in [5.74, 6) is -0.976. The zero-order valence-electron chi connectivity index (χ0n) is 16.1. The molecule has 2 aromatic rings. The van der Waals surface area contributed by atoms with Gasteiger partial charge in [0, 0.05) is 33.8 Å². The number of ether oxygens (including phenoxy) is 1. The maximum absolute atomic E-state index is 12.9. The van der Waals surface area contributed by atoms with Gasteiger partial charge in [-0.05, 0) is 78.0 Å². The molecule has 6 nitrogen and oxygen atoms in total. The fraction of sp³-hybridized carbons (Fsp3) is 0.250. The molecule has 1 atom stereocenters. The second-order valence-electron chi connectivity index (χ2n) is 6.33. The number of hydrogen-bond donors (Lipinski definition) is 1. The Bertz CT molecular complexity index is 985. The molecular weight excluding hydrogens is 563 g/mol. The molecule has 11 heteroatoms. The Kier molecular flexibility index (Phi) is 7.76. The molecule has 3 rings (SSSR count). The first-order chi connectivity index (χ1) is 14.7. The normalized spacial score (nSPS) is 17.3. The van der Waals surface area contributed by atoms with E-state index < -0.39 is 16.7 Å². The van der Waals surface area contributed by atoms with Gasteiger partial charge in [0.15, 0.2) is 5.17 Å². The first-order valence-corrected chi connectivity index (χ1v) is 11.5. The van der Waals surface area contributed by atoms with Gasteiger partial charge in [0.05, 0.1) is 5.69 Å². The standard InChI is InChI=1S/C20H17ClF2IN3O3S/c1-2-25-19(26-13-5-3-12(24)4-6-13)31-16-11-17(28)27(18(16)29)14-7-9-15(10-8-14)30-20(21,22)23/h3-10,16H,2,11H2,1H3,(H,25,26). The number of amidine groups is 1. The summed E-state index contributed by atoms with van der Waals surface area (Å²) in [6.07, 6.45) is -0.00138. The van der Waals surface area contributed by atoms with E-state index in [4.69, 9.17) is 11.6 Å². The van der Waals surface area contributed by atoms with Crippen LogP contribution in [0.2, 0.25) is 0 Å². The summed E-state index contributed by atoms with van der Waals surface area (Å²) in [7, 11) is 0. The Labute approximate surface area is 200 Å². The zero-order valence-corrected chi connectivity index (χ0v) is 19.9. The summed E-state index contributed by atoms with van der Waals surface area (Å²) in [4.78, 5) is 30.8. The van der Waals surface area contributed by atoms with Crippen molar-refractivity contribution in [1.82, 2.24) is 0 Å². The summed E-state index contributed by atoms with van der Waals surface area (Å²) in [5.41, 5.74) is -2.76. The van der Waals surface area contributed by atoms with E-state index in [-0.39, 0.29) is 23.8 Å². The van der Waals surface area contributed by atoms with Crippen LogP contribution in [0.5, 0.6) is 5.75 Å². The Hall–Kier alpha value is -1.92. The molecule has 0 aliphatic carbocycles. The van der Waals surface area contributed by atoms with Gasteiger partial charge in [-0.2, -0.15) is 0 Å². The smallest absolute Gasteiger partial charge is 0.420 e. The lowest BCUT2D eigenvalue weighted by molar-refractivity contribution is -0.121. The number of aliphatic imine (C=N–C) groups is 1. The molecule has 1 fully saturated rings. The van der Waals surface area contributed by atoms with Crippen LogP contribution in [0.4, 0.5) is 20.2 Å². The van der Waals surface area contributed by atoms with E-state index in [1.807, 2.05) is 31.2 Å². The lowest BCUT2D eigenvalue weighted by atomic mass is 10.3. The molecule has 2 amide bonds. The van der Waals surface area contributed by atoms with Crippen molar-refractivity contribution < 1.29 is 23.1 Å². The van der Waals surface area contributed by atoms with Crippen molar-refractivity contribution in [2.24, 2.45) is 4.99 Å². The topological polar surface area (TPSA) is 71.0 Å². The van der Waals surface area contributed by atoms with Crippen molar-refractivity contribution in [3.63, 3.8) is 0 Å². The van der Waals surface area contributed by atoms with Gasteiger partial charge >= 0.3 is 5.57 Å². The monoisotopic (exact) mass is 579 g/mol. The number of anilines is 2. The van der Waals surface area contributed by atoms with Crippen LogP contribution >= 0.6 is 46.0 Å². The number of alkyl halides is 3. The fourth-order valence-electron chi connectivity index (χ4n) is 2.81. The Morgan fingerprint density at radius 3 is 2.48 bits per heavy atom. The molecular formula is C20H17ClF2IN3O3S. The van der Waals surface area contributed by atoms with E-state index in [0.29, 0.717) is 11.7 Å². The maximum Gasteiger partial charge on any atom is 0.487 e. The van der Waals surface area contributed by atoms with Crippen LogP contribution in [0.1, 0.15) is 13.3 Å². The molecule has 2 aromatic carbocycles. The molecule has 31 heavy (non-hydrogen) atoms. The number of amides is 2. The van der Waals surface area contributed by atoms with Crippen molar-refractivity contribution >= 4 is 74.3 Å². The van der Waals surface area contributed by atoms with E-state index >= 15 is 0 Å². The molecule has 1 N–H and O–H groups in total. The lowest BCUT2D eigenvalue weighted by Crippen LogP contribution is -2.31. The van der Waals surface area contributed by atoms with Crippen molar-refractivity contribution in [2.45, 2.75) is 24.2 Å². The summed E-state index contributed by atoms with van der Waals surface area (Å²) < 4.78 is 30.8. The van der Waals surface area contributed by atoms with Crippen LogP contribution in [0.15, 0.2) is 53.5 Å². The highest BCUT2D eigenvalue weighted by atomic mass is 127. The molecule has 0 bridgehead atoms. The average Bonchev–Trinajstić information content (AvgIpc) is 2.96. The van der Waals surface area contributed by atoms with Gasteiger partial charge in [-0.15, -0.1) is 8.78 Å². The highest BCUT2D eigenvalue weighted by Crippen LogP contribution is 2.33. The van der Waals surface area contributed by atoms with E-state index in [9.17, 15) is 18.4 Å². The quantitative estimate of drug-likeness (QED) is 0.165. The first-order valence-electron chi connectivity index (χ1n) is 9.12. The summed E-state index contributed by atoms with van der Waals surface area (Å²) in [5, 5.41) is 3.06. The number of carbonyl (C=O) groups excluding carboxylic acids is 2. The predicted octanol–water partition coefficient (Wildman–Crippen LogP) is 5.31. The van der Waals surface area contributed by atoms with E-state index in [2.05, 4.69) is 37.6 Å². The highest BCUT2D eigenvalue weighted by molar-refractivity contribution is 14.1. The number of rotatable bonds is 6. The van der Waals surface area contributed by atoms with E-state index in [1.165, 1.54) is 36.0 Å². The van der Waals surface area contributed by atoms with Gasteiger partial charge in [0.1, 0.15) is 11.0 Å². The van der Waals surface area contributed by atoms with Crippen LogP contribution < -0.4 is 15.0 Å². The average molecular weight is 580 g/mol. The number of imide groups is 1. The summed E-state index contributed by atoms with van der Waals surface area (Å²) >= 11 is 8.13. The number of nitrogens with zero attached hydrogens (tertiary/aromatic N) is 2. The second kappa shape index (κ2) is 10.1. The Morgan fingerprint density at radius 2 is 1.90 bits per heavy atom. The molecule has 1 heterocycles. The van der Waals surface area contributed by atoms with Crippen molar-refractivity contribution in [1.29, 1.82) is 0 Å². The summed E-state index contributed by atoms with van der Waals surface area (Å²) in [6, 6.07) is 12.8. The number of thioether (sulfide) groups is 1. The minimum Gasteiger partial charge on any atom is -0.420 e. The second-order valence-corrected chi connectivity index (χ2v) is 9.21. The minimum absolute atomic E-state index is 0.00138. The molecule has 0 saturated carbocycles. The third-order valence-corrected chi connectivity index (χ3v) is 5.99.